The van der Waals surface area contributed by atoms with Crippen LogP contribution in [0.3, 0.4) is 0 Å². The largest absolute Gasteiger partial charge is 0.495 e. The fraction of sp³-hybridized carbons (Fsp3) is 0.318. The van der Waals surface area contributed by atoms with Crippen LogP contribution in [-0.4, -0.2) is 73.5 Å². The first-order chi connectivity index (χ1) is 15.0. The molecular formula is C22H25ClN4O4. The number of pyridine rings is 1. The zero-order valence-electron chi connectivity index (χ0n) is 17.6. The lowest BCUT2D eigenvalue weighted by molar-refractivity contribution is -0.135. The SMILES string of the molecule is C=CC(=O)N1CCN(C(=O)CNc2cc(-c3ccc(OC)nc3)c(Cl)cc2OC)CC1. The van der Waals surface area contributed by atoms with Gasteiger partial charge in [-0.2, -0.15) is 0 Å². The number of nitrogens with one attached hydrogen (secondary N) is 1. The third-order valence-corrected chi connectivity index (χ3v) is 5.41. The maximum Gasteiger partial charge on any atom is 0.246 e. The number of carbonyl (C=O) groups is 2. The van der Waals surface area contributed by atoms with Crippen molar-refractivity contribution in [2.45, 2.75) is 0 Å². The van der Waals surface area contributed by atoms with E-state index < -0.39 is 0 Å². The molecule has 2 aromatic rings. The number of aromatic nitrogens is 1. The lowest BCUT2D eigenvalue weighted by Crippen LogP contribution is -2.51. The highest BCUT2D eigenvalue weighted by Gasteiger charge is 2.23. The van der Waals surface area contributed by atoms with Gasteiger partial charge in [0.2, 0.25) is 17.7 Å². The Hall–Kier alpha value is -3.26. The maximum absolute atomic E-state index is 12.7. The van der Waals surface area contributed by atoms with Gasteiger partial charge in [0.25, 0.3) is 0 Å². The Morgan fingerprint density at radius 2 is 1.87 bits per heavy atom. The number of hydrogen-bond acceptors (Lipinski definition) is 6. The van der Waals surface area contributed by atoms with Crippen LogP contribution in [-0.2, 0) is 9.59 Å². The predicted octanol–water partition coefficient (Wildman–Crippen LogP) is 2.69. The number of rotatable bonds is 7. The lowest BCUT2D eigenvalue weighted by Gasteiger charge is -2.34. The van der Waals surface area contributed by atoms with Gasteiger partial charge < -0.3 is 24.6 Å². The number of piperazine rings is 1. The van der Waals surface area contributed by atoms with Gasteiger partial charge in [0, 0.05) is 55.6 Å². The standard InChI is InChI=1S/C22H25ClN4O4/c1-4-21(28)26-7-9-27(10-8-26)22(29)14-24-18-11-16(17(23)12-19(18)30-2)15-5-6-20(31-3)25-13-15/h4-6,11-13,24H,1,7-10,14H2,2-3H3. The van der Waals surface area contributed by atoms with E-state index in [2.05, 4.69) is 16.9 Å². The van der Waals surface area contributed by atoms with E-state index in [9.17, 15) is 9.59 Å². The second-order valence-electron chi connectivity index (χ2n) is 6.89. The van der Waals surface area contributed by atoms with E-state index in [1.807, 2.05) is 12.1 Å². The fourth-order valence-corrected chi connectivity index (χ4v) is 3.59. The molecule has 164 valence electrons. The van der Waals surface area contributed by atoms with E-state index in [-0.39, 0.29) is 18.4 Å². The third kappa shape index (κ3) is 5.27. The van der Waals surface area contributed by atoms with Gasteiger partial charge in [0.15, 0.2) is 0 Å². The average molecular weight is 445 g/mol. The van der Waals surface area contributed by atoms with Gasteiger partial charge in [-0.05, 0) is 18.2 Å². The number of anilines is 1. The molecule has 2 heterocycles. The second-order valence-corrected chi connectivity index (χ2v) is 7.29. The van der Waals surface area contributed by atoms with Crippen LogP contribution in [0.15, 0.2) is 43.1 Å². The number of benzene rings is 1. The van der Waals surface area contributed by atoms with Crippen LogP contribution in [0.5, 0.6) is 11.6 Å². The molecule has 8 nitrogen and oxygen atoms in total. The fourth-order valence-electron chi connectivity index (χ4n) is 3.33. The molecule has 1 aromatic carbocycles. The van der Waals surface area contributed by atoms with Crippen LogP contribution in [0.4, 0.5) is 5.69 Å². The zero-order valence-corrected chi connectivity index (χ0v) is 18.3. The first kappa shape index (κ1) is 22.4. The molecule has 2 amide bonds. The Morgan fingerprint density at radius 3 is 2.45 bits per heavy atom. The van der Waals surface area contributed by atoms with Crippen molar-refractivity contribution in [3.63, 3.8) is 0 Å². The molecule has 0 radical (unpaired) electrons. The molecule has 1 aromatic heterocycles. The Labute approximate surface area is 186 Å². The van der Waals surface area contributed by atoms with Crippen LogP contribution in [0, 0.1) is 0 Å². The topological polar surface area (TPSA) is 84.0 Å². The number of methoxy groups -OCH3 is 2. The van der Waals surface area contributed by atoms with E-state index in [0.29, 0.717) is 48.5 Å². The minimum Gasteiger partial charge on any atom is -0.495 e. The van der Waals surface area contributed by atoms with Crippen molar-refractivity contribution in [2.75, 3.05) is 52.3 Å². The monoisotopic (exact) mass is 444 g/mol. The highest BCUT2D eigenvalue weighted by Crippen LogP contribution is 2.37. The first-order valence-electron chi connectivity index (χ1n) is 9.77. The summed E-state index contributed by atoms with van der Waals surface area (Å²) in [7, 11) is 3.10. The van der Waals surface area contributed by atoms with Crippen molar-refractivity contribution < 1.29 is 19.1 Å². The molecule has 1 N–H and O–H groups in total. The summed E-state index contributed by atoms with van der Waals surface area (Å²) in [4.78, 5) is 32.0. The maximum atomic E-state index is 12.7. The Morgan fingerprint density at radius 1 is 1.16 bits per heavy atom. The number of hydrogen-bond donors (Lipinski definition) is 1. The summed E-state index contributed by atoms with van der Waals surface area (Å²) < 4.78 is 10.5. The minimum atomic E-state index is -0.114. The molecule has 0 spiro atoms. The van der Waals surface area contributed by atoms with E-state index >= 15 is 0 Å². The number of ether oxygens (including phenoxy) is 2. The summed E-state index contributed by atoms with van der Waals surface area (Å²) in [5.41, 5.74) is 2.21. The van der Waals surface area contributed by atoms with E-state index in [0.717, 1.165) is 11.1 Å². The van der Waals surface area contributed by atoms with Crippen LogP contribution in [0.1, 0.15) is 0 Å². The second kappa shape index (κ2) is 10.2. The van der Waals surface area contributed by atoms with Gasteiger partial charge >= 0.3 is 0 Å². The molecule has 1 saturated heterocycles. The van der Waals surface area contributed by atoms with Crippen molar-refractivity contribution in [1.82, 2.24) is 14.8 Å². The molecule has 1 fully saturated rings. The third-order valence-electron chi connectivity index (χ3n) is 5.09. The molecule has 0 atom stereocenters. The zero-order chi connectivity index (χ0) is 22.4. The summed E-state index contributed by atoms with van der Waals surface area (Å²) in [5.74, 6) is 0.865. The van der Waals surface area contributed by atoms with E-state index in [1.54, 1.807) is 42.3 Å². The number of amides is 2. The molecule has 0 saturated carbocycles. The smallest absolute Gasteiger partial charge is 0.246 e. The summed E-state index contributed by atoms with van der Waals surface area (Å²) in [6.45, 7) is 5.56. The molecule has 0 bridgehead atoms. The summed E-state index contributed by atoms with van der Waals surface area (Å²) in [6, 6.07) is 7.15. The van der Waals surface area contributed by atoms with Gasteiger partial charge in [0.05, 0.1) is 31.5 Å². The number of carbonyl (C=O) groups excluding carboxylic acids is 2. The summed E-state index contributed by atoms with van der Waals surface area (Å²) >= 11 is 6.44. The predicted molar refractivity (Wildman–Crippen MR) is 120 cm³/mol. The van der Waals surface area contributed by atoms with Crippen molar-refractivity contribution in [3.8, 4) is 22.8 Å². The van der Waals surface area contributed by atoms with Gasteiger partial charge in [-0.3, -0.25) is 9.59 Å². The van der Waals surface area contributed by atoms with Crippen molar-refractivity contribution >= 4 is 29.1 Å². The van der Waals surface area contributed by atoms with Gasteiger partial charge in [-0.1, -0.05) is 18.2 Å². The van der Waals surface area contributed by atoms with Crippen molar-refractivity contribution in [1.29, 1.82) is 0 Å². The van der Waals surface area contributed by atoms with Gasteiger partial charge in [-0.25, -0.2) is 4.98 Å². The molecule has 9 heteroatoms. The van der Waals surface area contributed by atoms with Crippen LogP contribution in [0.25, 0.3) is 11.1 Å². The molecular weight excluding hydrogens is 420 g/mol. The summed E-state index contributed by atoms with van der Waals surface area (Å²) in [5, 5.41) is 3.65. The minimum absolute atomic E-state index is 0.0598. The van der Waals surface area contributed by atoms with E-state index in [4.69, 9.17) is 21.1 Å². The van der Waals surface area contributed by atoms with Crippen molar-refractivity contribution in [2.24, 2.45) is 0 Å². The molecule has 1 aliphatic heterocycles. The highest BCUT2D eigenvalue weighted by molar-refractivity contribution is 6.33. The molecule has 0 aliphatic carbocycles. The quantitative estimate of drug-likeness (QED) is 0.661. The molecule has 3 rings (SSSR count). The van der Waals surface area contributed by atoms with E-state index in [1.165, 1.54) is 6.08 Å². The van der Waals surface area contributed by atoms with Crippen LogP contribution in [0.2, 0.25) is 5.02 Å². The first-order valence-corrected chi connectivity index (χ1v) is 10.2. The number of halogens is 1. The Kier molecular flexibility index (Phi) is 7.36. The van der Waals surface area contributed by atoms with Crippen LogP contribution < -0.4 is 14.8 Å². The van der Waals surface area contributed by atoms with Crippen molar-refractivity contribution in [3.05, 3.63) is 48.1 Å². The molecule has 0 unspecified atom stereocenters. The highest BCUT2D eigenvalue weighted by atomic mass is 35.5. The Balaban J connectivity index is 1.70. The van der Waals surface area contributed by atoms with Crippen LogP contribution >= 0.6 is 11.6 Å². The normalized spacial score (nSPS) is 13.5. The molecule has 1 aliphatic rings. The number of nitrogens with zero attached hydrogens (tertiary/aromatic N) is 3. The average Bonchev–Trinajstić information content (AvgIpc) is 2.82. The lowest BCUT2D eigenvalue weighted by atomic mass is 10.1. The Bertz CT molecular complexity index is 957. The summed E-state index contributed by atoms with van der Waals surface area (Å²) in [6.07, 6.45) is 2.97. The van der Waals surface area contributed by atoms with Gasteiger partial charge in [0.1, 0.15) is 5.75 Å². The molecule has 31 heavy (non-hydrogen) atoms. The van der Waals surface area contributed by atoms with Gasteiger partial charge in [-0.15, -0.1) is 0 Å².